The van der Waals surface area contributed by atoms with Gasteiger partial charge in [0.1, 0.15) is 5.78 Å². The van der Waals surface area contributed by atoms with Gasteiger partial charge in [-0.25, -0.2) is 0 Å². The molecule has 2 nitrogen and oxygen atoms in total. The Labute approximate surface area is 74.3 Å². The van der Waals surface area contributed by atoms with E-state index in [2.05, 4.69) is 20.8 Å². The van der Waals surface area contributed by atoms with Gasteiger partial charge in [-0.15, -0.1) is 0 Å². The average Bonchev–Trinajstić information content (AvgIpc) is 1.78. The van der Waals surface area contributed by atoms with Crippen LogP contribution in [0.4, 0.5) is 0 Å². The smallest absolute Gasteiger partial charge is 0.143 e. The molecule has 0 bridgehead atoms. The zero-order chi connectivity index (χ0) is 9.41. The fraction of sp³-hybridized carbons (Fsp3) is 0.900. The highest BCUT2D eigenvalue weighted by molar-refractivity contribution is 5.85. The Hall–Kier alpha value is -0.370. The number of ketones is 1. The molecule has 0 saturated carbocycles. The van der Waals surface area contributed by atoms with E-state index in [4.69, 9.17) is 4.74 Å². The van der Waals surface area contributed by atoms with E-state index in [0.717, 1.165) is 0 Å². The van der Waals surface area contributed by atoms with Gasteiger partial charge in [0.05, 0.1) is 18.6 Å². The molecule has 0 amide bonds. The number of ether oxygens (including phenoxy) is 1. The predicted octanol–water partition coefficient (Wildman–Crippen LogP) is 2.03. The number of carbonyl (C=O) groups excluding carboxylic acids is 1. The molecular weight excluding hydrogens is 152 g/mol. The molecule has 0 N–H and O–H groups in total. The maximum absolute atomic E-state index is 11.7. The molecule has 2 heteroatoms. The number of Topliss-reactive ketones (excluding diaryl/α,β-unsaturated/α-hetero) is 1. The van der Waals surface area contributed by atoms with Gasteiger partial charge in [0, 0.05) is 6.42 Å². The molecule has 12 heavy (non-hydrogen) atoms. The van der Waals surface area contributed by atoms with Crippen LogP contribution in [0, 0.1) is 10.8 Å². The van der Waals surface area contributed by atoms with Gasteiger partial charge in [-0.1, -0.05) is 20.8 Å². The summed E-state index contributed by atoms with van der Waals surface area (Å²) in [6.07, 6.45) is 0.660. The molecule has 1 saturated heterocycles. The third-order valence-electron chi connectivity index (χ3n) is 2.21. The normalized spacial score (nSPS) is 21.7. The maximum atomic E-state index is 11.7. The molecule has 1 heterocycles. The topological polar surface area (TPSA) is 26.3 Å². The summed E-state index contributed by atoms with van der Waals surface area (Å²) < 4.78 is 5.05. The van der Waals surface area contributed by atoms with Gasteiger partial charge in [0.25, 0.3) is 0 Å². The first-order valence-corrected chi connectivity index (χ1v) is 4.45. The molecule has 1 aliphatic heterocycles. The van der Waals surface area contributed by atoms with Crippen LogP contribution in [0.25, 0.3) is 0 Å². The van der Waals surface area contributed by atoms with E-state index < -0.39 is 0 Å². The highest BCUT2D eigenvalue weighted by Gasteiger charge is 2.41. The van der Waals surface area contributed by atoms with Crippen molar-refractivity contribution in [2.75, 3.05) is 13.2 Å². The van der Waals surface area contributed by atoms with Crippen LogP contribution in [-0.4, -0.2) is 19.0 Å². The van der Waals surface area contributed by atoms with E-state index in [1.807, 2.05) is 6.92 Å². The third kappa shape index (κ3) is 2.07. The van der Waals surface area contributed by atoms with E-state index in [1.54, 1.807) is 0 Å². The summed E-state index contributed by atoms with van der Waals surface area (Å²) in [5.41, 5.74) is -0.0665. The van der Waals surface area contributed by atoms with Crippen molar-refractivity contribution in [1.29, 1.82) is 0 Å². The van der Waals surface area contributed by atoms with Crippen molar-refractivity contribution in [3.8, 4) is 0 Å². The predicted molar refractivity (Wildman–Crippen MR) is 48.0 cm³/mol. The second-order valence-electron chi connectivity index (χ2n) is 5.21. The summed E-state index contributed by atoms with van der Waals surface area (Å²) in [5, 5.41) is 0. The number of rotatable bonds is 2. The number of hydrogen-bond acceptors (Lipinski definition) is 2. The van der Waals surface area contributed by atoms with Crippen molar-refractivity contribution < 1.29 is 9.53 Å². The first-order valence-electron chi connectivity index (χ1n) is 4.45. The minimum atomic E-state index is -0.173. The molecule has 1 fully saturated rings. The molecule has 0 aliphatic carbocycles. The second-order valence-corrected chi connectivity index (χ2v) is 5.21. The molecule has 70 valence electrons. The van der Waals surface area contributed by atoms with E-state index in [-0.39, 0.29) is 10.8 Å². The van der Waals surface area contributed by atoms with Gasteiger partial charge in [0.15, 0.2) is 0 Å². The second kappa shape index (κ2) is 2.84. The molecule has 1 aliphatic rings. The molecule has 0 aromatic rings. The lowest BCUT2D eigenvalue weighted by Gasteiger charge is -2.38. The number of hydrogen-bond donors (Lipinski definition) is 0. The van der Waals surface area contributed by atoms with E-state index in [9.17, 15) is 4.79 Å². The molecular formula is C10H18O2. The van der Waals surface area contributed by atoms with Gasteiger partial charge < -0.3 is 4.74 Å². The molecule has 0 aromatic carbocycles. The van der Waals surface area contributed by atoms with E-state index >= 15 is 0 Å². The molecule has 0 spiro atoms. The van der Waals surface area contributed by atoms with Crippen LogP contribution in [0.3, 0.4) is 0 Å². The Kier molecular flexibility index (Phi) is 2.30. The molecule has 0 aromatic heterocycles. The van der Waals surface area contributed by atoms with Gasteiger partial charge in [-0.05, 0) is 12.3 Å². The van der Waals surface area contributed by atoms with Gasteiger partial charge in [0.2, 0.25) is 0 Å². The lowest BCUT2D eigenvalue weighted by molar-refractivity contribution is -0.157. The molecule has 0 radical (unpaired) electrons. The zero-order valence-corrected chi connectivity index (χ0v) is 8.44. The van der Waals surface area contributed by atoms with Gasteiger partial charge in [-0.3, -0.25) is 4.79 Å². The van der Waals surface area contributed by atoms with Crippen molar-refractivity contribution in [1.82, 2.24) is 0 Å². The van der Waals surface area contributed by atoms with E-state index in [1.165, 1.54) is 0 Å². The Balaban J connectivity index is 2.49. The minimum absolute atomic E-state index is 0.107. The van der Waals surface area contributed by atoms with Gasteiger partial charge >= 0.3 is 0 Å². The Morgan fingerprint density at radius 3 is 2.17 bits per heavy atom. The van der Waals surface area contributed by atoms with Crippen molar-refractivity contribution in [3.63, 3.8) is 0 Å². The van der Waals surface area contributed by atoms with Gasteiger partial charge in [-0.2, -0.15) is 0 Å². The quantitative estimate of drug-likeness (QED) is 0.634. The van der Waals surface area contributed by atoms with Crippen LogP contribution in [0.5, 0.6) is 0 Å². The lowest BCUT2D eigenvalue weighted by atomic mass is 9.76. The van der Waals surface area contributed by atoms with Crippen molar-refractivity contribution in [2.45, 2.75) is 34.1 Å². The fourth-order valence-corrected chi connectivity index (χ4v) is 1.26. The minimum Gasteiger partial charge on any atom is -0.379 e. The van der Waals surface area contributed by atoms with Crippen LogP contribution < -0.4 is 0 Å². The first-order chi connectivity index (χ1) is 5.33. The Bertz CT molecular complexity index is 185. The van der Waals surface area contributed by atoms with Crippen LogP contribution >= 0.6 is 0 Å². The molecule has 0 atom stereocenters. The Morgan fingerprint density at radius 2 is 1.92 bits per heavy atom. The monoisotopic (exact) mass is 170 g/mol. The lowest BCUT2D eigenvalue weighted by Crippen LogP contribution is -2.47. The largest absolute Gasteiger partial charge is 0.379 e. The SMILES string of the molecule is CC(C)(C)CC(=O)C1(C)COC1. The van der Waals surface area contributed by atoms with Crippen molar-refractivity contribution in [2.24, 2.45) is 10.8 Å². The summed E-state index contributed by atoms with van der Waals surface area (Å²) in [4.78, 5) is 11.7. The maximum Gasteiger partial charge on any atom is 0.143 e. The standard InChI is InChI=1S/C10H18O2/c1-9(2,3)5-8(11)10(4)6-12-7-10/h5-7H2,1-4H3. The fourth-order valence-electron chi connectivity index (χ4n) is 1.26. The average molecular weight is 170 g/mol. The van der Waals surface area contributed by atoms with Crippen LogP contribution in [-0.2, 0) is 9.53 Å². The highest BCUT2D eigenvalue weighted by atomic mass is 16.5. The third-order valence-corrected chi connectivity index (χ3v) is 2.21. The molecule has 0 unspecified atom stereocenters. The number of carbonyl (C=O) groups is 1. The highest BCUT2D eigenvalue weighted by Crippen LogP contribution is 2.33. The van der Waals surface area contributed by atoms with Crippen LogP contribution in [0.2, 0.25) is 0 Å². The van der Waals surface area contributed by atoms with Crippen LogP contribution in [0.15, 0.2) is 0 Å². The summed E-state index contributed by atoms with van der Waals surface area (Å²) in [6.45, 7) is 9.49. The zero-order valence-electron chi connectivity index (χ0n) is 8.44. The summed E-state index contributed by atoms with van der Waals surface area (Å²) in [7, 11) is 0. The van der Waals surface area contributed by atoms with Crippen LogP contribution in [0.1, 0.15) is 34.1 Å². The first kappa shape index (κ1) is 9.72. The summed E-state index contributed by atoms with van der Waals surface area (Å²) in [6, 6.07) is 0. The molecule has 1 rings (SSSR count). The van der Waals surface area contributed by atoms with E-state index in [0.29, 0.717) is 25.4 Å². The van der Waals surface area contributed by atoms with Crippen molar-refractivity contribution in [3.05, 3.63) is 0 Å². The Morgan fingerprint density at radius 1 is 1.42 bits per heavy atom. The summed E-state index contributed by atoms with van der Waals surface area (Å²) >= 11 is 0. The summed E-state index contributed by atoms with van der Waals surface area (Å²) in [5.74, 6) is 0.348. The van der Waals surface area contributed by atoms with Crippen molar-refractivity contribution >= 4 is 5.78 Å².